The predicted molar refractivity (Wildman–Crippen MR) is 88.4 cm³/mol. The lowest BCUT2D eigenvalue weighted by Crippen LogP contribution is -2.56. The fourth-order valence-electron chi connectivity index (χ4n) is 2.69. The van der Waals surface area contributed by atoms with E-state index in [1.807, 2.05) is 6.92 Å². The molecule has 3 rings (SSSR count). The number of aryl methyl sites for hydroxylation is 1. The summed E-state index contributed by atoms with van der Waals surface area (Å²) >= 11 is 0. The second-order valence-electron chi connectivity index (χ2n) is 5.94. The number of pyridine rings is 1. The molecule has 5 nitrogen and oxygen atoms in total. The van der Waals surface area contributed by atoms with E-state index >= 15 is 0 Å². The van der Waals surface area contributed by atoms with Gasteiger partial charge < -0.3 is 5.11 Å². The summed E-state index contributed by atoms with van der Waals surface area (Å²) in [5.41, 5.74) is -2.01. The molecule has 8 heteroatoms. The Morgan fingerprint density at radius 3 is 2.35 bits per heavy atom. The smallest absolute Gasteiger partial charge is 0.362 e. The minimum absolute atomic E-state index is 0.00474. The highest BCUT2D eigenvalue weighted by Gasteiger charge is 2.63. The van der Waals surface area contributed by atoms with Crippen LogP contribution in [-0.4, -0.2) is 38.6 Å². The Hall–Kier alpha value is -2.74. The van der Waals surface area contributed by atoms with Crippen molar-refractivity contribution >= 4 is 11.6 Å². The quantitative estimate of drug-likeness (QED) is 0.911. The van der Waals surface area contributed by atoms with Crippen LogP contribution in [-0.2, 0) is 6.42 Å². The molecule has 2 heterocycles. The van der Waals surface area contributed by atoms with Gasteiger partial charge in [0.05, 0.1) is 12.1 Å². The second-order valence-corrected chi connectivity index (χ2v) is 5.94. The van der Waals surface area contributed by atoms with Gasteiger partial charge in [0.15, 0.2) is 0 Å². The third-order valence-electron chi connectivity index (χ3n) is 4.25. The molecule has 1 N–H and O–H groups in total. The van der Waals surface area contributed by atoms with E-state index in [0.29, 0.717) is 5.56 Å². The molecule has 0 saturated carbocycles. The maximum absolute atomic E-state index is 13.5. The molecule has 0 spiro atoms. The number of hydrazone groups is 1. The lowest BCUT2D eigenvalue weighted by Gasteiger charge is -2.32. The number of amides is 1. The van der Waals surface area contributed by atoms with E-state index in [1.54, 1.807) is 24.3 Å². The highest BCUT2D eigenvalue weighted by molar-refractivity contribution is 6.05. The molecule has 0 fully saturated rings. The van der Waals surface area contributed by atoms with Crippen LogP contribution in [0.3, 0.4) is 0 Å². The summed E-state index contributed by atoms with van der Waals surface area (Å²) in [5, 5.41) is 14.2. The van der Waals surface area contributed by atoms with Crippen molar-refractivity contribution in [2.24, 2.45) is 5.10 Å². The SMILES string of the molecule is CCc1ccc(C2=NN(C(=O)c3ccncc3)[C@](O)(C(F)(F)F)C2)cc1. The largest absolute Gasteiger partial charge is 0.438 e. The van der Waals surface area contributed by atoms with Crippen molar-refractivity contribution < 1.29 is 23.1 Å². The molecule has 0 radical (unpaired) electrons. The molecule has 0 saturated heterocycles. The number of aliphatic hydroxyl groups is 1. The summed E-state index contributed by atoms with van der Waals surface area (Å²) in [4.78, 5) is 16.2. The average Bonchev–Trinajstić information content (AvgIpc) is 3.01. The van der Waals surface area contributed by atoms with Crippen LogP contribution in [0.25, 0.3) is 0 Å². The third kappa shape index (κ3) is 3.08. The van der Waals surface area contributed by atoms with E-state index in [4.69, 9.17) is 0 Å². The normalized spacial score (nSPS) is 20.2. The zero-order chi connectivity index (χ0) is 18.9. The predicted octanol–water partition coefficient (Wildman–Crippen LogP) is 3.15. The van der Waals surface area contributed by atoms with Crippen LogP contribution in [0.4, 0.5) is 13.2 Å². The van der Waals surface area contributed by atoms with Gasteiger partial charge in [0.25, 0.3) is 11.6 Å². The number of carbonyl (C=O) groups excluding carboxylic acids is 1. The summed E-state index contributed by atoms with van der Waals surface area (Å²) in [5.74, 6) is -1.05. The lowest BCUT2D eigenvalue weighted by molar-refractivity contribution is -0.297. The molecule has 26 heavy (non-hydrogen) atoms. The lowest BCUT2D eigenvalue weighted by atomic mass is 9.99. The number of aromatic nitrogens is 1. The summed E-state index contributed by atoms with van der Waals surface area (Å²) in [6.45, 7) is 1.96. The molecule has 0 bridgehead atoms. The average molecular weight is 363 g/mol. The van der Waals surface area contributed by atoms with Crippen LogP contribution in [0.1, 0.15) is 34.8 Å². The Labute approximate surface area is 147 Å². The van der Waals surface area contributed by atoms with E-state index in [-0.39, 0.29) is 16.3 Å². The number of carbonyl (C=O) groups is 1. The van der Waals surface area contributed by atoms with Gasteiger partial charge in [-0.15, -0.1) is 0 Å². The molecular weight excluding hydrogens is 347 g/mol. The van der Waals surface area contributed by atoms with Gasteiger partial charge in [-0.3, -0.25) is 9.78 Å². The van der Waals surface area contributed by atoms with Crippen LogP contribution in [0.2, 0.25) is 0 Å². The Morgan fingerprint density at radius 2 is 1.81 bits per heavy atom. The van der Waals surface area contributed by atoms with E-state index in [1.165, 1.54) is 24.5 Å². The maximum atomic E-state index is 13.5. The third-order valence-corrected chi connectivity index (χ3v) is 4.25. The van der Waals surface area contributed by atoms with Gasteiger partial charge >= 0.3 is 6.18 Å². The number of hydrogen-bond donors (Lipinski definition) is 1. The van der Waals surface area contributed by atoms with Gasteiger partial charge in [-0.25, -0.2) is 0 Å². The minimum Gasteiger partial charge on any atom is -0.362 e. The number of rotatable bonds is 3. The Morgan fingerprint density at radius 1 is 1.19 bits per heavy atom. The Bertz CT molecular complexity index is 835. The van der Waals surface area contributed by atoms with Gasteiger partial charge in [0, 0.05) is 18.0 Å². The molecule has 1 aliphatic rings. The zero-order valence-electron chi connectivity index (χ0n) is 13.9. The van der Waals surface area contributed by atoms with Gasteiger partial charge in [-0.1, -0.05) is 31.2 Å². The van der Waals surface area contributed by atoms with E-state index in [2.05, 4.69) is 10.1 Å². The van der Waals surface area contributed by atoms with Crippen molar-refractivity contribution in [1.29, 1.82) is 0 Å². The fraction of sp³-hybridized carbons (Fsp3) is 0.278. The molecular formula is C18H16F3N3O2. The summed E-state index contributed by atoms with van der Waals surface area (Å²) < 4.78 is 40.6. The number of alkyl halides is 3. The fourth-order valence-corrected chi connectivity index (χ4v) is 2.69. The number of nitrogens with zero attached hydrogens (tertiary/aromatic N) is 3. The number of hydrogen-bond acceptors (Lipinski definition) is 4. The highest BCUT2D eigenvalue weighted by atomic mass is 19.4. The van der Waals surface area contributed by atoms with Crippen molar-refractivity contribution in [2.75, 3.05) is 0 Å². The molecule has 1 aliphatic heterocycles. The van der Waals surface area contributed by atoms with Gasteiger partial charge in [-0.2, -0.15) is 23.3 Å². The molecule has 1 aromatic heterocycles. The summed E-state index contributed by atoms with van der Waals surface area (Å²) in [6.07, 6.45) is -2.55. The van der Waals surface area contributed by atoms with Crippen molar-refractivity contribution in [3.63, 3.8) is 0 Å². The van der Waals surface area contributed by atoms with E-state index in [0.717, 1.165) is 12.0 Å². The molecule has 1 amide bonds. The molecule has 0 unspecified atom stereocenters. The first kappa shape index (κ1) is 18.1. The molecule has 0 aliphatic carbocycles. The van der Waals surface area contributed by atoms with Crippen LogP contribution in [0.5, 0.6) is 0 Å². The van der Waals surface area contributed by atoms with Crippen LogP contribution < -0.4 is 0 Å². The van der Waals surface area contributed by atoms with Crippen molar-refractivity contribution in [3.8, 4) is 0 Å². The monoisotopic (exact) mass is 363 g/mol. The van der Waals surface area contributed by atoms with E-state index < -0.39 is 24.2 Å². The standard InChI is InChI=1S/C18H16F3N3O2/c1-2-12-3-5-13(6-4-12)15-11-17(26,18(19,20)21)24(23-15)16(25)14-7-9-22-10-8-14/h3-10,26H,2,11H2,1H3/t17-/m1/s1. The van der Waals surface area contributed by atoms with Crippen LogP contribution in [0, 0.1) is 0 Å². The first-order valence-corrected chi connectivity index (χ1v) is 7.97. The van der Waals surface area contributed by atoms with Crippen LogP contribution in [0.15, 0.2) is 53.9 Å². The molecule has 1 aromatic carbocycles. The summed E-state index contributed by atoms with van der Waals surface area (Å²) in [6, 6.07) is 9.35. The van der Waals surface area contributed by atoms with Gasteiger partial charge in [-0.05, 0) is 29.7 Å². The molecule has 1 atom stereocenters. The van der Waals surface area contributed by atoms with Crippen molar-refractivity contribution in [1.82, 2.24) is 9.99 Å². The van der Waals surface area contributed by atoms with Gasteiger partial charge in [0.2, 0.25) is 0 Å². The number of benzene rings is 1. The first-order valence-electron chi connectivity index (χ1n) is 7.97. The van der Waals surface area contributed by atoms with Crippen molar-refractivity contribution in [2.45, 2.75) is 31.7 Å². The molecule has 2 aromatic rings. The Balaban J connectivity index is 2.02. The molecule has 136 valence electrons. The Kier molecular flexibility index (Phi) is 4.53. The van der Waals surface area contributed by atoms with Crippen LogP contribution >= 0.6 is 0 Å². The maximum Gasteiger partial charge on any atom is 0.438 e. The van der Waals surface area contributed by atoms with Crippen molar-refractivity contribution in [3.05, 3.63) is 65.5 Å². The topological polar surface area (TPSA) is 65.8 Å². The zero-order valence-corrected chi connectivity index (χ0v) is 13.9. The highest BCUT2D eigenvalue weighted by Crippen LogP contribution is 2.41. The van der Waals surface area contributed by atoms with Gasteiger partial charge in [0.1, 0.15) is 0 Å². The minimum atomic E-state index is -5.07. The first-order chi connectivity index (χ1) is 12.3. The number of halogens is 3. The second kappa shape index (κ2) is 6.53. The van der Waals surface area contributed by atoms with E-state index in [9.17, 15) is 23.1 Å². The summed E-state index contributed by atoms with van der Waals surface area (Å²) in [7, 11) is 0.